The van der Waals surface area contributed by atoms with E-state index < -0.39 is 0 Å². The molecular formula is C9H17N5S. The Bertz CT molecular complexity index is 264. The molecule has 0 aromatic carbocycles. The predicted octanol–water partition coefficient (Wildman–Crippen LogP) is 1.40. The van der Waals surface area contributed by atoms with Gasteiger partial charge in [-0.05, 0) is 6.42 Å². The van der Waals surface area contributed by atoms with E-state index in [1.165, 1.54) is 31.0 Å². The molecule has 0 saturated carbocycles. The van der Waals surface area contributed by atoms with E-state index in [1.54, 1.807) is 0 Å². The van der Waals surface area contributed by atoms with E-state index >= 15 is 0 Å². The Morgan fingerprint density at radius 3 is 2.40 bits per heavy atom. The van der Waals surface area contributed by atoms with Gasteiger partial charge in [-0.25, -0.2) is 0 Å². The molecule has 1 aromatic rings. The Morgan fingerprint density at radius 2 is 1.80 bits per heavy atom. The number of nitrogens with zero attached hydrogens (tertiary/aromatic N) is 4. The van der Waals surface area contributed by atoms with Gasteiger partial charge in [-0.1, -0.05) is 37.9 Å². The molecule has 0 atom stereocenters. The Balaban J connectivity index is 2.29. The zero-order valence-corrected chi connectivity index (χ0v) is 9.83. The molecule has 6 heteroatoms. The molecule has 1 rings (SSSR count). The number of hydrogen-bond donors (Lipinski definition) is 1. The molecule has 0 bridgehead atoms. The summed E-state index contributed by atoms with van der Waals surface area (Å²) in [5.74, 6) is 1.19. The number of nitrogens with two attached hydrogens (primary N) is 1. The molecule has 84 valence electrons. The highest BCUT2D eigenvalue weighted by atomic mass is 32.2. The maximum Gasteiger partial charge on any atom is 0.231 e. The SMILES string of the molecule is CCCCCCc1nnc(SCN)nn1. The van der Waals surface area contributed by atoms with Crippen molar-refractivity contribution in [3.63, 3.8) is 0 Å². The van der Waals surface area contributed by atoms with Gasteiger partial charge < -0.3 is 5.73 Å². The van der Waals surface area contributed by atoms with Gasteiger partial charge in [-0.2, -0.15) is 0 Å². The van der Waals surface area contributed by atoms with Crippen molar-refractivity contribution >= 4 is 11.8 Å². The molecule has 2 N–H and O–H groups in total. The van der Waals surface area contributed by atoms with E-state index in [9.17, 15) is 0 Å². The summed E-state index contributed by atoms with van der Waals surface area (Å²) in [5, 5.41) is 16.4. The summed E-state index contributed by atoms with van der Waals surface area (Å²) in [7, 11) is 0. The van der Waals surface area contributed by atoms with E-state index in [1.807, 2.05) is 0 Å². The highest BCUT2D eigenvalue weighted by Gasteiger charge is 2.00. The summed E-state index contributed by atoms with van der Waals surface area (Å²) >= 11 is 1.35. The smallest absolute Gasteiger partial charge is 0.231 e. The molecule has 0 aliphatic heterocycles. The Morgan fingerprint density at radius 1 is 1.07 bits per heavy atom. The Hall–Kier alpha value is -0.750. The second-order valence-corrected chi connectivity index (χ2v) is 4.21. The van der Waals surface area contributed by atoms with Gasteiger partial charge in [0.15, 0.2) is 5.82 Å². The third-order valence-corrected chi connectivity index (χ3v) is 2.56. The van der Waals surface area contributed by atoms with E-state index in [0.29, 0.717) is 11.0 Å². The number of aryl methyl sites for hydroxylation is 1. The van der Waals surface area contributed by atoms with Gasteiger partial charge in [-0.15, -0.1) is 20.4 Å². The van der Waals surface area contributed by atoms with Crippen LogP contribution in [-0.4, -0.2) is 26.3 Å². The zero-order chi connectivity index (χ0) is 10.9. The Kier molecular flexibility index (Phi) is 6.18. The number of rotatable bonds is 7. The van der Waals surface area contributed by atoms with Crippen LogP contribution in [0, 0.1) is 0 Å². The topological polar surface area (TPSA) is 77.6 Å². The largest absolute Gasteiger partial charge is 0.322 e. The van der Waals surface area contributed by atoms with Crippen LogP contribution in [0.4, 0.5) is 0 Å². The van der Waals surface area contributed by atoms with Gasteiger partial charge in [0.25, 0.3) is 0 Å². The number of thioether (sulfide) groups is 1. The standard InChI is InChI=1S/C9H17N5S/c1-2-3-4-5-6-8-11-13-9(14-12-8)15-7-10/h2-7,10H2,1H3. The summed E-state index contributed by atoms with van der Waals surface area (Å²) < 4.78 is 0. The summed E-state index contributed by atoms with van der Waals surface area (Å²) in [6, 6.07) is 0. The lowest BCUT2D eigenvalue weighted by Crippen LogP contribution is -2.04. The lowest BCUT2D eigenvalue weighted by atomic mass is 10.1. The lowest BCUT2D eigenvalue weighted by Gasteiger charge is -1.98. The van der Waals surface area contributed by atoms with Crippen LogP contribution in [-0.2, 0) is 6.42 Å². The van der Waals surface area contributed by atoms with E-state index in [-0.39, 0.29) is 0 Å². The Labute approximate surface area is 94.3 Å². The van der Waals surface area contributed by atoms with Crippen molar-refractivity contribution in [2.24, 2.45) is 5.73 Å². The fourth-order valence-electron chi connectivity index (χ4n) is 1.18. The molecule has 1 aromatic heterocycles. The van der Waals surface area contributed by atoms with Crippen LogP contribution >= 0.6 is 11.8 Å². The molecule has 0 spiro atoms. The van der Waals surface area contributed by atoms with Crippen LogP contribution in [0.3, 0.4) is 0 Å². The van der Waals surface area contributed by atoms with Crippen LogP contribution in [0.15, 0.2) is 5.16 Å². The van der Waals surface area contributed by atoms with Crippen LogP contribution in [0.5, 0.6) is 0 Å². The number of hydrogen-bond acceptors (Lipinski definition) is 6. The average Bonchev–Trinajstić information content (AvgIpc) is 2.27. The van der Waals surface area contributed by atoms with Gasteiger partial charge in [-0.3, -0.25) is 0 Å². The molecule has 0 amide bonds. The summed E-state index contributed by atoms with van der Waals surface area (Å²) in [5.41, 5.74) is 5.34. The van der Waals surface area contributed by atoms with Crippen LogP contribution < -0.4 is 5.73 Å². The van der Waals surface area contributed by atoms with Crippen LogP contribution in [0.2, 0.25) is 0 Å². The monoisotopic (exact) mass is 227 g/mol. The van der Waals surface area contributed by atoms with Gasteiger partial charge in [0.05, 0.1) is 0 Å². The molecule has 0 unspecified atom stereocenters. The molecule has 0 aliphatic rings. The lowest BCUT2D eigenvalue weighted by molar-refractivity contribution is 0.616. The van der Waals surface area contributed by atoms with Crippen molar-refractivity contribution in [3.05, 3.63) is 5.82 Å². The average molecular weight is 227 g/mol. The minimum Gasteiger partial charge on any atom is -0.322 e. The quantitative estimate of drug-likeness (QED) is 0.431. The minimum atomic E-state index is 0.458. The molecule has 0 aliphatic carbocycles. The molecular weight excluding hydrogens is 210 g/mol. The second kappa shape index (κ2) is 7.53. The summed E-state index contributed by atoms with van der Waals surface area (Å²) in [4.78, 5) is 0. The number of aromatic nitrogens is 4. The zero-order valence-electron chi connectivity index (χ0n) is 9.02. The molecule has 15 heavy (non-hydrogen) atoms. The molecule has 0 radical (unpaired) electrons. The summed E-state index contributed by atoms with van der Waals surface area (Å²) in [6.07, 6.45) is 5.71. The molecule has 0 fully saturated rings. The van der Waals surface area contributed by atoms with Crippen molar-refractivity contribution in [2.75, 3.05) is 5.88 Å². The first kappa shape index (κ1) is 12.3. The van der Waals surface area contributed by atoms with Gasteiger partial charge in [0.1, 0.15) is 0 Å². The third kappa shape index (κ3) is 5.03. The molecule has 0 saturated heterocycles. The van der Waals surface area contributed by atoms with Gasteiger partial charge in [0.2, 0.25) is 5.16 Å². The van der Waals surface area contributed by atoms with Crippen molar-refractivity contribution in [1.29, 1.82) is 0 Å². The van der Waals surface area contributed by atoms with Gasteiger partial charge in [0, 0.05) is 12.3 Å². The molecule has 1 heterocycles. The van der Waals surface area contributed by atoms with Crippen molar-refractivity contribution in [3.8, 4) is 0 Å². The van der Waals surface area contributed by atoms with Crippen molar-refractivity contribution < 1.29 is 0 Å². The van der Waals surface area contributed by atoms with Gasteiger partial charge >= 0.3 is 0 Å². The van der Waals surface area contributed by atoms with Crippen molar-refractivity contribution in [1.82, 2.24) is 20.4 Å². The third-order valence-electron chi connectivity index (χ3n) is 1.97. The number of unbranched alkanes of at least 4 members (excludes halogenated alkanes) is 3. The fraction of sp³-hybridized carbons (Fsp3) is 0.778. The molecule has 5 nitrogen and oxygen atoms in total. The van der Waals surface area contributed by atoms with Crippen LogP contribution in [0.25, 0.3) is 0 Å². The highest BCUT2D eigenvalue weighted by Crippen LogP contribution is 2.07. The highest BCUT2D eigenvalue weighted by molar-refractivity contribution is 7.99. The fourth-order valence-corrected chi connectivity index (χ4v) is 1.53. The first-order valence-corrected chi connectivity index (χ1v) is 6.24. The maximum atomic E-state index is 5.34. The van der Waals surface area contributed by atoms with Crippen LogP contribution in [0.1, 0.15) is 38.4 Å². The predicted molar refractivity (Wildman–Crippen MR) is 60.4 cm³/mol. The van der Waals surface area contributed by atoms with E-state index in [2.05, 4.69) is 27.3 Å². The van der Waals surface area contributed by atoms with E-state index in [0.717, 1.165) is 18.7 Å². The first-order valence-electron chi connectivity index (χ1n) is 5.26. The van der Waals surface area contributed by atoms with E-state index in [4.69, 9.17) is 5.73 Å². The maximum absolute atomic E-state index is 5.34. The second-order valence-electron chi connectivity index (χ2n) is 3.22. The normalized spacial score (nSPS) is 10.5. The minimum absolute atomic E-state index is 0.458. The van der Waals surface area contributed by atoms with Crippen molar-refractivity contribution in [2.45, 2.75) is 44.2 Å². The summed E-state index contributed by atoms with van der Waals surface area (Å²) in [6.45, 7) is 2.19. The first-order chi connectivity index (χ1) is 7.36.